The zero-order chi connectivity index (χ0) is 19.4. The number of benzene rings is 2. The maximum atomic E-state index is 13.6. The highest BCUT2D eigenvalue weighted by Gasteiger charge is 2.29. The van der Waals surface area contributed by atoms with Gasteiger partial charge in [0.05, 0.1) is 11.4 Å². The molecule has 2 aromatic carbocycles. The second-order valence-corrected chi connectivity index (χ2v) is 7.93. The molecule has 0 atom stereocenters. The largest absolute Gasteiger partial charge is 0.354 e. The molecule has 142 valence electrons. The Morgan fingerprint density at radius 2 is 1.96 bits per heavy atom. The van der Waals surface area contributed by atoms with Crippen molar-refractivity contribution in [3.05, 3.63) is 65.5 Å². The second-order valence-electron chi connectivity index (χ2n) is 5.99. The molecule has 9 heteroatoms. The van der Waals surface area contributed by atoms with E-state index in [2.05, 4.69) is 10.6 Å². The van der Waals surface area contributed by atoms with Crippen molar-refractivity contribution in [3.63, 3.8) is 0 Å². The predicted molar refractivity (Wildman–Crippen MR) is 95.8 cm³/mol. The Labute approximate surface area is 156 Å². The van der Waals surface area contributed by atoms with E-state index < -0.39 is 21.7 Å². The first-order valence-corrected chi connectivity index (χ1v) is 9.70. The maximum absolute atomic E-state index is 13.6. The fourth-order valence-electron chi connectivity index (χ4n) is 2.69. The number of nitrogens with zero attached hydrogens (tertiary/aromatic N) is 1. The third kappa shape index (κ3) is 4.32. The lowest BCUT2D eigenvalue weighted by molar-refractivity contribution is -0.122. The van der Waals surface area contributed by atoms with Crippen molar-refractivity contribution in [2.75, 3.05) is 19.6 Å². The minimum atomic E-state index is -3.89. The van der Waals surface area contributed by atoms with E-state index in [1.54, 1.807) is 18.2 Å². The average Bonchev–Trinajstić information content (AvgIpc) is 2.67. The third-order valence-electron chi connectivity index (χ3n) is 4.13. The molecule has 1 aliphatic rings. The van der Waals surface area contributed by atoms with Gasteiger partial charge in [0.1, 0.15) is 5.82 Å². The van der Waals surface area contributed by atoms with E-state index in [9.17, 15) is 22.4 Å². The molecule has 2 N–H and O–H groups in total. The number of piperazine rings is 1. The van der Waals surface area contributed by atoms with E-state index in [0.29, 0.717) is 5.56 Å². The van der Waals surface area contributed by atoms with Crippen LogP contribution < -0.4 is 10.6 Å². The molecule has 7 nitrogen and oxygen atoms in total. The number of amides is 2. The van der Waals surface area contributed by atoms with E-state index >= 15 is 0 Å². The molecule has 2 aromatic rings. The number of carbonyl (C=O) groups is 2. The lowest BCUT2D eigenvalue weighted by Gasteiger charge is -2.26. The van der Waals surface area contributed by atoms with Gasteiger partial charge in [-0.1, -0.05) is 24.3 Å². The van der Waals surface area contributed by atoms with E-state index in [0.717, 1.165) is 4.31 Å². The molecule has 2 amide bonds. The molecule has 0 unspecified atom stereocenters. The van der Waals surface area contributed by atoms with E-state index in [1.165, 1.54) is 30.3 Å². The Hall–Kier alpha value is -2.78. The van der Waals surface area contributed by atoms with Crippen LogP contribution in [0.2, 0.25) is 0 Å². The van der Waals surface area contributed by atoms with Crippen LogP contribution in [0.25, 0.3) is 0 Å². The smallest absolute Gasteiger partial charge is 0.251 e. The first-order chi connectivity index (χ1) is 12.9. The first kappa shape index (κ1) is 19.0. The molecule has 0 aliphatic carbocycles. The van der Waals surface area contributed by atoms with Gasteiger partial charge in [-0.05, 0) is 24.3 Å². The highest BCUT2D eigenvalue weighted by Crippen LogP contribution is 2.18. The fourth-order valence-corrected chi connectivity index (χ4v) is 4.13. The summed E-state index contributed by atoms with van der Waals surface area (Å²) < 4.78 is 40.1. The van der Waals surface area contributed by atoms with Gasteiger partial charge in [0, 0.05) is 30.8 Å². The van der Waals surface area contributed by atoms with Crippen molar-refractivity contribution >= 4 is 21.8 Å². The minimum Gasteiger partial charge on any atom is -0.354 e. The van der Waals surface area contributed by atoms with E-state index in [4.69, 9.17) is 0 Å². The van der Waals surface area contributed by atoms with Crippen LogP contribution in [-0.4, -0.2) is 44.2 Å². The summed E-state index contributed by atoms with van der Waals surface area (Å²) in [6, 6.07) is 11.6. The number of halogens is 1. The number of sulfonamides is 1. The van der Waals surface area contributed by atoms with Crippen molar-refractivity contribution < 1.29 is 22.4 Å². The van der Waals surface area contributed by atoms with Crippen molar-refractivity contribution in [3.8, 4) is 0 Å². The van der Waals surface area contributed by atoms with Gasteiger partial charge in [-0.3, -0.25) is 9.59 Å². The SMILES string of the molecule is O=C1CN(S(=O)(=O)c2cccc(C(=O)NCc3ccccc3F)c2)CCN1. The summed E-state index contributed by atoms with van der Waals surface area (Å²) in [5.41, 5.74) is 0.461. The van der Waals surface area contributed by atoms with Crippen LogP contribution in [0.5, 0.6) is 0 Å². The van der Waals surface area contributed by atoms with Gasteiger partial charge in [0.15, 0.2) is 0 Å². The highest BCUT2D eigenvalue weighted by atomic mass is 32.2. The van der Waals surface area contributed by atoms with Crippen molar-refractivity contribution in [2.24, 2.45) is 0 Å². The molecule has 27 heavy (non-hydrogen) atoms. The molecule has 1 fully saturated rings. The number of carbonyl (C=O) groups excluding carboxylic acids is 2. The summed E-state index contributed by atoms with van der Waals surface area (Å²) in [5.74, 6) is -1.33. The maximum Gasteiger partial charge on any atom is 0.251 e. The van der Waals surface area contributed by atoms with Crippen LogP contribution in [0.3, 0.4) is 0 Å². The van der Waals surface area contributed by atoms with Crippen LogP contribution in [0.1, 0.15) is 15.9 Å². The molecular weight excluding hydrogens is 373 g/mol. The summed E-state index contributed by atoms with van der Waals surface area (Å²) in [6.07, 6.45) is 0. The van der Waals surface area contributed by atoms with Gasteiger partial charge in [0.25, 0.3) is 5.91 Å². The molecule has 1 saturated heterocycles. The quantitative estimate of drug-likeness (QED) is 0.791. The van der Waals surface area contributed by atoms with Gasteiger partial charge >= 0.3 is 0 Å². The summed E-state index contributed by atoms with van der Waals surface area (Å²) in [4.78, 5) is 23.7. The second kappa shape index (κ2) is 7.85. The molecule has 0 saturated carbocycles. The Kier molecular flexibility index (Phi) is 5.52. The zero-order valence-corrected chi connectivity index (χ0v) is 15.1. The Morgan fingerprint density at radius 3 is 2.70 bits per heavy atom. The van der Waals surface area contributed by atoms with Gasteiger partial charge in [-0.15, -0.1) is 0 Å². The van der Waals surface area contributed by atoms with Crippen LogP contribution >= 0.6 is 0 Å². The molecule has 3 rings (SSSR count). The first-order valence-electron chi connectivity index (χ1n) is 8.26. The number of rotatable bonds is 5. The van der Waals surface area contributed by atoms with Crippen LogP contribution in [-0.2, 0) is 21.4 Å². The standard InChI is InChI=1S/C18H18FN3O4S/c19-16-7-2-1-4-14(16)11-21-18(24)13-5-3-6-15(10-13)27(25,26)22-9-8-20-17(23)12-22/h1-7,10H,8-9,11-12H2,(H,20,23)(H,21,24). The molecule has 1 aliphatic heterocycles. The summed E-state index contributed by atoms with van der Waals surface area (Å²) >= 11 is 0. The molecule has 0 aromatic heterocycles. The average molecular weight is 391 g/mol. The van der Waals surface area contributed by atoms with Crippen LogP contribution in [0, 0.1) is 5.82 Å². The monoisotopic (exact) mass is 391 g/mol. The molecule has 0 spiro atoms. The zero-order valence-electron chi connectivity index (χ0n) is 14.3. The molecular formula is C18H18FN3O4S. The fraction of sp³-hybridized carbons (Fsp3) is 0.222. The number of hydrogen-bond donors (Lipinski definition) is 2. The van der Waals surface area contributed by atoms with Crippen LogP contribution in [0.15, 0.2) is 53.4 Å². The van der Waals surface area contributed by atoms with Gasteiger partial charge in [-0.2, -0.15) is 4.31 Å². The third-order valence-corrected chi connectivity index (χ3v) is 5.98. The highest BCUT2D eigenvalue weighted by molar-refractivity contribution is 7.89. The molecule has 1 heterocycles. The summed E-state index contributed by atoms with van der Waals surface area (Å²) in [7, 11) is -3.89. The topological polar surface area (TPSA) is 95.6 Å². The van der Waals surface area contributed by atoms with E-state index in [1.807, 2.05) is 0 Å². The van der Waals surface area contributed by atoms with E-state index in [-0.39, 0.29) is 42.5 Å². The Morgan fingerprint density at radius 1 is 1.19 bits per heavy atom. The van der Waals surface area contributed by atoms with Crippen molar-refractivity contribution in [1.82, 2.24) is 14.9 Å². The lowest BCUT2D eigenvalue weighted by Crippen LogP contribution is -2.49. The Balaban J connectivity index is 1.75. The molecule has 0 bridgehead atoms. The van der Waals surface area contributed by atoms with Gasteiger partial charge < -0.3 is 10.6 Å². The summed E-state index contributed by atoms with van der Waals surface area (Å²) in [5, 5.41) is 5.13. The molecule has 0 radical (unpaired) electrons. The number of hydrogen-bond acceptors (Lipinski definition) is 4. The van der Waals surface area contributed by atoms with Gasteiger partial charge in [-0.25, -0.2) is 12.8 Å². The normalized spacial score (nSPS) is 15.2. The summed E-state index contributed by atoms with van der Waals surface area (Å²) in [6.45, 7) is 0.124. The lowest BCUT2D eigenvalue weighted by atomic mass is 10.2. The van der Waals surface area contributed by atoms with Crippen molar-refractivity contribution in [2.45, 2.75) is 11.4 Å². The predicted octanol–water partition coefficient (Wildman–Crippen LogP) is 0.876. The Bertz CT molecular complexity index is 978. The minimum absolute atomic E-state index is 0.0191. The van der Waals surface area contributed by atoms with Crippen molar-refractivity contribution in [1.29, 1.82) is 0 Å². The van der Waals surface area contributed by atoms with Crippen LogP contribution in [0.4, 0.5) is 4.39 Å². The van der Waals surface area contributed by atoms with Gasteiger partial charge in [0.2, 0.25) is 15.9 Å². The number of nitrogens with one attached hydrogen (secondary N) is 2.